The topological polar surface area (TPSA) is 79.6 Å². The van der Waals surface area contributed by atoms with Crippen LogP contribution in [0.2, 0.25) is 0 Å². The zero-order valence-electron chi connectivity index (χ0n) is 21.3. The maximum atomic E-state index is 13.5. The van der Waals surface area contributed by atoms with Crippen molar-refractivity contribution in [1.82, 2.24) is 18.9 Å². The van der Waals surface area contributed by atoms with E-state index in [-0.39, 0.29) is 0 Å². The zero-order valence-corrected chi connectivity index (χ0v) is 23.7. The van der Waals surface area contributed by atoms with Gasteiger partial charge in [0.15, 0.2) is 5.65 Å². The Morgan fingerprint density at radius 1 is 1.13 bits per heavy atom. The number of sulfonamides is 1. The van der Waals surface area contributed by atoms with Gasteiger partial charge < -0.3 is 5.32 Å². The molecule has 0 saturated heterocycles. The summed E-state index contributed by atoms with van der Waals surface area (Å²) in [7, 11) is -3.55. The molecule has 0 radical (unpaired) electrons. The van der Waals surface area contributed by atoms with Gasteiger partial charge in [0.2, 0.25) is 10.0 Å². The van der Waals surface area contributed by atoms with Crippen LogP contribution in [0.3, 0.4) is 0 Å². The van der Waals surface area contributed by atoms with E-state index in [1.54, 1.807) is 27.2 Å². The number of nitrogens with one attached hydrogen (secondary N) is 1. The number of fused-ring (bicyclic) bond motifs is 1. The van der Waals surface area contributed by atoms with Gasteiger partial charge in [-0.25, -0.2) is 13.4 Å². The third-order valence-corrected chi connectivity index (χ3v) is 9.61. The molecule has 7 nitrogen and oxygen atoms in total. The normalized spacial score (nSPS) is 15.2. The Bertz CT molecular complexity index is 1620. The first-order chi connectivity index (χ1) is 18.4. The summed E-state index contributed by atoms with van der Waals surface area (Å²) >= 11 is 3.57. The fourth-order valence-electron chi connectivity index (χ4n) is 4.71. The third-order valence-electron chi connectivity index (χ3n) is 7.17. The lowest BCUT2D eigenvalue weighted by Crippen LogP contribution is -2.34. The van der Waals surface area contributed by atoms with Gasteiger partial charge >= 0.3 is 0 Å². The second-order valence-corrected chi connectivity index (χ2v) is 12.9. The van der Waals surface area contributed by atoms with Crippen LogP contribution in [0.4, 0.5) is 5.82 Å². The molecule has 1 saturated carbocycles. The molecule has 4 aromatic rings. The molecule has 0 amide bonds. The van der Waals surface area contributed by atoms with Crippen LogP contribution in [0, 0.1) is 12.8 Å². The number of hydrogen-bond acceptors (Lipinski definition) is 5. The summed E-state index contributed by atoms with van der Waals surface area (Å²) in [5.74, 6) is 1.28. The summed E-state index contributed by atoms with van der Waals surface area (Å²) in [5, 5.41) is 7.96. The van der Waals surface area contributed by atoms with E-state index < -0.39 is 10.0 Å². The first-order valence-corrected chi connectivity index (χ1v) is 15.3. The maximum Gasteiger partial charge on any atom is 0.243 e. The van der Waals surface area contributed by atoms with Crippen molar-refractivity contribution in [3.63, 3.8) is 0 Å². The van der Waals surface area contributed by atoms with Crippen LogP contribution in [0.1, 0.15) is 36.8 Å². The summed E-state index contributed by atoms with van der Waals surface area (Å²) in [6, 6.07) is 17.5. The highest BCUT2D eigenvalue weighted by molar-refractivity contribution is 9.10. The molecule has 2 heterocycles. The zero-order chi connectivity index (χ0) is 26.3. The Morgan fingerprint density at radius 2 is 1.89 bits per heavy atom. The van der Waals surface area contributed by atoms with E-state index in [1.807, 2.05) is 30.3 Å². The standard InChI is InChI=1S/C29H30BrN5O2S/c1-20-5-2-3-6-25(20)27-17-28(35-29(33-27)26(30)18-32-35)31-15-4-16-34(19-21-7-8-21)38(36,37)24-13-11-23(12-14-24)22-9-10-22/h2-3,5-6,9,11-14,17-18,21,31H,4,7-8,10,15-16,19H2,1H3. The molecule has 2 aromatic carbocycles. The second kappa shape index (κ2) is 10.3. The molecule has 6 rings (SSSR count). The van der Waals surface area contributed by atoms with Gasteiger partial charge in [-0.15, -0.1) is 0 Å². The summed E-state index contributed by atoms with van der Waals surface area (Å²) in [5.41, 5.74) is 6.21. The Kier molecular flexibility index (Phi) is 6.84. The van der Waals surface area contributed by atoms with Gasteiger partial charge in [0.25, 0.3) is 0 Å². The van der Waals surface area contributed by atoms with Gasteiger partial charge in [-0.05, 0) is 83.3 Å². The van der Waals surface area contributed by atoms with E-state index in [0.717, 1.165) is 57.6 Å². The maximum absolute atomic E-state index is 13.5. The SMILES string of the molecule is Cc1ccccc1-c1cc(NCCCN(CC2CC2)S(=O)(=O)c2ccc(C3=CC3)cc2)n2ncc(Br)c2n1. The van der Waals surface area contributed by atoms with Crippen LogP contribution in [0.15, 0.2) is 76.2 Å². The lowest BCUT2D eigenvalue weighted by Gasteiger charge is -2.22. The van der Waals surface area contributed by atoms with E-state index in [2.05, 4.69) is 51.5 Å². The lowest BCUT2D eigenvalue weighted by molar-refractivity contribution is 0.393. The van der Waals surface area contributed by atoms with Gasteiger partial charge in [0, 0.05) is 31.3 Å². The highest BCUT2D eigenvalue weighted by Gasteiger charge is 2.31. The van der Waals surface area contributed by atoms with E-state index in [9.17, 15) is 8.42 Å². The number of halogens is 1. The van der Waals surface area contributed by atoms with E-state index >= 15 is 0 Å². The molecule has 1 fully saturated rings. The average molecular weight is 593 g/mol. The Hall–Kier alpha value is -3.01. The molecule has 2 aromatic heterocycles. The molecule has 0 aliphatic heterocycles. The molecule has 9 heteroatoms. The molecule has 2 aliphatic carbocycles. The largest absolute Gasteiger partial charge is 0.370 e. The number of aromatic nitrogens is 3. The molecular weight excluding hydrogens is 562 g/mol. The quantitative estimate of drug-likeness (QED) is 0.211. The van der Waals surface area contributed by atoms with Crippen molar-refractivity contribution in [2.75, 3.05) is 25.0 Å². The predicted octanol–water partition coefficient (Wildman–Crippen LogP) is 6.16. The van der Waals surface area contributed by atoms with E-state index in [1.165, 1.54) is 5.57 Å². The first-order valence-electron chi connectivity index (χ1n) is 13.0. The fraction of sp³-hybridized carbons (Fsp3) is 0.310. The van der Waals surface area contributed by atoms with Crippen LogP contribution < -0.4 is 5.32 Å². The minimum Gasteiger partial charge on any atom is -0.370 e. The number of allylic oxidation sites excluding steroid dienone is 2. The smallest absolute Gasteiger partial charge is 0.243 e. The van der Waals surface area contributed by atoms with Crippen molar-refractivity contribution in [3.05, 3.63) is 82.5 Å². The van der Waals surface area contributed by atoms with Gasteiger partial charge in [-0.1, -0.05) is 42.5 Å². The molecule has 0 spiro atoms. The minimum atomic E-state index is -3.55. The van der Waals surface area contributed by atoms with Crippen molar-refractivity contribution < 1.29 is 8.42 Å². The molecule has 38 heavy (non-hydrogen) atoms. The van der Waals surface area contributed by atoms with Crippen LogP contribution >= 0.6 is 15.9 Å². The minimum absolute atomic E-state index is 0.371. The third kappa shape index (κ3) is 5.28. The molecule has 0 atom stereocenters. The summed E-state index contributed by atoms with van der Waals surface area (Å²) in [6.07, 6.45) is 7.76. The molecular formula is C29H30BrN5O2S. The Balaban J connectivity index is 1.18. The van der Waals surface area contributed by atoms with Crippen molar-refractivity contribution in [1.29, 1.82) is 0 Å². The Morgan fingerprint density at radius 3 is 2.61 bits per heavy atom. The number of hydrogen-bond donors (Lipinski definition) is 1. The average Bonchev–Trinajstić information content (AvgIpc) is 3.85. The van der Waals surface area contributed by atoms with Gasteiger partial charge in [-0.2, -0.15) is 13.9 Å². The van der Waals surface area contributed by atoms with E-state index in [4.69, 9.17) is 4.98 Å². The van der Waals surface area contributed by atoms with Gasteiger partial charge in [0.1, 0.15) is 5.82 Å². The summed E-state index contributed by atoms with van der Waals surface area (Å²) in [4.78, 5) is 5.20. The molecule has 0 unspecified atom stereocenters. The second-order valence-electron chi connectivity index (χ2n) is 10.1. The highest BCUT2D eigenvalue weighted by Crippen LogP contribution is 2.34. The summed E-state index contributed by atoms with van der Waals surface area (Å²) < 4.78 is 31.3. The van der Waals surface area contributed by atoms with Crippen molar-refractivity contribution in [2.45, 2.75) is 37.5 Å². The van der Waals surface area contributed by atoms with Gasteiger partial charge in [0.05, 0.1) is 21.3 Å². The van der Waals surface area contributed by atoms with Crippen LogP contribution in [-0.4, -0.2) is 47.0 Å². The van der Waals surface area contributed by atoms with Crippen LogP contribution in [0.5, 0.6) is 0 Å². The number of benzene rings is 2. The van der Waals surface area contributed by atoms with Crippen molar-refractivity contribution >= 4 is 43.0 Å². The molecule has 2 aliphatic rings. The predicted molar refractivity (Wildman–Crippen MR) is 154 cm³/mol. The van der Waals surface area contributed by atoms with Crippen molar-refractivity contribution in [3.8, 4) is 11.3 Å². The Labute approximate surface area is 231 Å². The monoisotopic (exact) mass is 591 g/mol. The lowest BCUT2D eigenvalue weighted by atomic mass is 10.1. The number of aryl methyl sites for hydroxylation is 1. The summed E-state index contributed by atoms with van der Waals surface area (Å²) in [6.45, 7) is 3.72. The fourth-order valence-corrected chi connectivity index (χ4v) is 6.61. The van der Waals surface area contributed by atoms with Gasteiger partial charge in [-0.3, -0.25) is 0 Å². The van der Waals surface area contributed by atoms with Crippen LogP contribution in [0.25, 0.3) is 22.5 Å². The number of nitrogens with zero attached hydrogens (tertiary/aromatic N) is 4. The highest BCUT2D eigenvalue weighted by atomic mass is 79.9. The molecule has 196 valence electrons. The molecule has 0 bridgehead atoms. The van der Waals surface area contributed by atoms with Crippen molar-refractivity contribution in [2.24, 2.45) is 5.92 Å². The van der Waals surface area contributed by atoms with Crippen LogP contribution in [-0.2, 0) is 10.0 Å². The number of rotatable bonds is 11. The van der Waals surface area contributed by atoms with E-state index in [0.29, 0.717) is 36.9 Å². The number of anilines is 1. The molecule has 1 N–H and O–H groups in total. The first kappa shape index (κ1) is 25.3.